The second kappa shape index (κ2) is 11.4. The number of imidazole rings is 1. The molecule has 2 aliphatic heterocycles. The molecule has 2 fully saturated rings. The van der Waals surface area contributed by atoms with Gasteiger partial charge in [0.1, 0.15) is 12.1 Å². The number of halogens is 1. The molecule has 0 atom stereocenters. The van der Waals surface area contributed by atoms with Crippen LogP contribution >= 0.6 is 0 Å². The van der Waals surface area contributed by atoms with Crippen molar-refractivity contribution in [3.63, 3.8) is 0 Å². The Morgan fingerprint density at radius 3 is 2.56 bits per heavy atom. The van der Waals surface area contributed by atoms with Gasteiger partial charge in [-0.3, -0.25) is 9.78 Å². The minimum Gasteiger partial charge on any atom is -0.355 e. The van der Waals surface area contributed by atoms with E-state index < -0.39 is 0 Å². The standard InChI is InChI=1S/C29H33FN8O/c30-23-6-4-5-21(17-23)25-8-7-22(18-31-25)29(39)35-24-9-13-37(14-10-24)27-26-28(33-19-32-27)38(20-34-26)16-15-36-11-2-1-3-12-36/h4-8,17-20,24H,1-3,9-16H2,(H,35,39). The molecule has 10 heteroatoms. The number of nitrogens with zero attached hydrogens (tertiary/aromatic N) is 7. The predicted molar refractivity (Wildman–Crippen MR) is 148 cm³/mol. The van der Waals surface area contributed by atoms with Crippen LogP contribution in [0.15, 0.2) is 55.2 Å². The maximum absolute atomic E-state index is 13.5. The molecule has 1 aromatic carbocycles. The Labute approximate surface area is 227 Å². The van der Waals surface area contributed by atoms with Crippen molar-refractivity contribution in [2.45, 2.75) is 44.7 Å². The van der Waals surface area contributed by atoms with Crippen molar-refractivity contribution in [2.75, 3.05) is 37.6 Å². The van der Waals surface area contributed by atoms with Crippen LogP contribution in [0.25, 0.3) is 22.4 Å². The summed E-state index contributed by atoms with van der Waals surface area (Å²) in [6.45, 7) is 5.78. The number of amides is 1. The number of fused-ring (bicyclic) bond motifs is 1. The van der Waals surface area contributed by atoms with Crippen molar-refractivity contribution in [1.82, 2.24) is 34.7 Å². The lowest BCUT2D eigenvalue weighted by atomic mass is 10.0. The Bertz CT molecular complexity index is 1430. The SMILES string of the molecule is O=C(NC1CCN(c2ncnc3c2ncn3CCN2CCCCC2)CC1)c1ccc(-c2cccc(F)c2)nc1. The van der Waals surface area contributed by atoms with E-state index in [4.69, 9.17) is 0 Å². The minimum absolute atomic E-state index is 0.0658. The largest absolute Gasteiger partial charge is 0.355 e. The van der Waals surface area contributed by atoms with Crippen molar-refractivity contribution >= 4 is 22.9 Å². The fourth-order valence-corrected chi connectivity index (χ4v) is 5.55. The maximum Gasteiger partial charge on any atom is 0.253 e. The van der Waals surface area contributed by atoms with Crippen molar-refractivity contribution in [2.24, 2.45) is 0 Å². The van der Waals surface area contributed by atoms with E-state index >= 15 is 0 Å². The van der Waals surface area contributed by atoms with E-state index in [0.29, 0.717) is 16.8 Å². The second-order valence-electron chi connectivity index (χ2n) is 10.4. The van der Waals surface area contributed by atoms with E-state index in [-0.39, 0.29) is 17.8 Å². The molecule has 3 aromatic heterocycles. The van der Waals surface area contributed by atoms with Gasteiger partial charge in [-0.1, -0.05) is 18.6 Å². The number of rotatable bonds is 7. The van der Waals surface area contributed by atoms with Gasteiger partial charge in [0.2, 0.25) is 0 Å². The number of hydrogen-bond acceptors (Lipinski definition) is 7. The first-order valence-corrected chi connectivity index (χ1v) is 13.8. The summed E-state index contributed by atoms with van der Waals surface area (Å²) in [4.78, 5) is 35.8. The zero-order valence-corrected chi connectivity index (χ0v) is 22.0. The third kappa shape index (κ3) is 5.75. The van der Waals surface area contributed by atoms with Gasteiger partial charge in [-0.25, -0.2) is 19.3 Å². The first-order valence-electron chi connectivity index (χ1n) is 13.8. The molecule has 39 heavy (non-hydrogen) atoms. The van der Waals surface area contributed by atoms with E-state index in [1.807, 2.05) is 6.33 Å². The van der Waals surface area contributed by atoms with Gasteiger partial charge in [0.25, 0.3) is 5.91 Å². The zero-order valence-electron chi connectivity index (χ0n) is 22.0. The van der Waals surface area contributed by atoms with Gasteiger partial charge < -0.3 is 19.7 Å². The van der Waals surface area contributed by atoms with Crippen LogP contribution in [0.4, 0.5) is 10.2 Å². The minimum atomic E-state index is -0.314. The Morgan fingerprint density at radius 2 is 1.79 bits per heavy atom. The molecule has 2 saturated heterocycles. The molecular weight excluding hydrogens is 495 g/mol. The molecule has 0 unspecified atom stereocenters. The average Bonchev–Trinajstić information content (AvgIpc) is 3.40. The van der Waals surface area contributed by atoms with E-state index in [1.54, 1.807) is 36.8 Å². The molecule has 0 spiro atoms. The van der Waals surface area contributed by atoms with Crippen molar-refractivity contribution in [3.05, 3.63) is 66.6 Å². The van der Waals surface area contributed by atoms with Gasteiger partial charge in [0, 0.05) is 44.0 Å². The van der Waals surface area contributed by atoms with Crippen molar-refractivity contribution in [3.8, 4) is 11.3 Å². The van der Waals surface area contributed by atoms with E-state index in [9.17, 15) is 9.18 Å². The summed E-state index contributed by atoms with van der Waals surface area (Å²) in [6.07, 6.45) is 10.6. The van der Waals surface area contributed by atoms with Gasteiger partial charge in [0.15, 0.2) is 17.0 Å². The number of benzene rings is 1. The fraction of sp³-hybridized carbons (Fsp3) is 0.414. The first kappa shape index (κ1) is 25.4. The molecule has 0 saturated carbocycles. The molecule has 6 rings (SSSR count). The molecule has 0 radical (unpaired) electrons. The molecule has 1 amide bonds. The summed E-state index contributed by atoms with van der Waals surface area (Å²) < 4.78 is 15.7. The fourth-order valence-electron chi connectivity index (χ4n) is 5.55. The van der Waals surface area contributed by atoms with Crippen LogP contribution in [-0.4, -0.2) is 74.1 Å². The number of carbonyl (C=O) groups excluding carboxylic acids is 1. The third-order valence-electron chi connectivity index (χ3n) is 7.76. The maximum atomic E-state index is 13.5. The molecule has 2 aliphatic rings. The zero-order chi connectivity index (χ0) is 26.6. The molecule has 0 bridgehead atoms. The quantitative estimate of drug-likeness (QED) is 0.389. The first-order chi connectivity index (χ1) is 19.1. The summed E-state index contributed by atoms with van der Waals surface area (Å²) >= 11 is 0. The van der Waals surface area contributed by atoms with Crippen molar-refractivity contribution in [1.29, 1.82) is 0 Å². The lowest BCUT2D eigenvalue weighted by Gasteiger charge is -2.33. The van der Waals surface area contributed by atoms with Gasteiger partial charge >= 0.3 is 0 Å². The highest BCUT2D eigenvalue weighted by Crippen LogP contribution is 2.25. The number of nitrogens with one attached hydrogen (secondary N) is 1. The highest BCUT2D eigenvalue weighted by atomic mass is 19.1. The number of hydrogen-bond donors (Lipinski definition) is 1. The Balaban J connectivity index is 1.05. The van der Waals surface area contributed by atoms with Crippen LogP contribution in [0.1, 0.15) is 42.5 Å². The van der Waals surface area contributed by atoms with Gasteiger partial charge in [-0.15, -0.1) is 0 Å². The molecule has 0 aliphatic carbocycles. The molecule has 9 nitrogen and oxygen atoms in total. The molecule has 4 aromatic rings. The predicted octanol–water partition coefficient (Wildman–Crippen LogP) is 3.91. The summed E-state index contributed by atoms with van der Waals surface area (Å²) in [5.41, 5.74) is 3.51. The van der Waals surface area contributed by atoms with E-state index in [1.165, 1.54) is 44.5 Å². The summed E-state index contributed by atoms with van der Waals surface area (Å²) in [5, 5.41) is 3.14. The van der Waals surface area contributed by atoms with Crippen LogP contribution in [0.5, 0.6) is 0 Å². The van der Waals surface area contributed by atoms with Gasteiger partial charge in [-0.05, 0) is 63.0 Å². The highest BCUT2D eigenvalue weighted by molar-refractivity contribution is 5.94. The van der Waals surface area contributed by atoms with E-state index in [0.717, 1.165) is 56.0 Å². The molecule has 5 heterocycles. The third-order valence-corrected chi connectivity index (χ3v) is 7.76. The molecule has 1 N–H and O–H groups in total. The monoisotopic (exact) mass is 528 g/mol. The smallest absolute Gasteiger partial charge is 0.253 e. The molecular formula is C29H33FN8O. The molecule has 202 valence electrons. The highest BCUT2D eigenvalue weighted by Gasteiger charge is 2.25. The lowest BCUT2D eigenvalue weighted by Crippen LogP contribution is -2.45. The average molecular weight is 529 g/mol. The number of anilines is 1. The summed E-state index contributed by atoms with van der Waals surface area (Å²) in [7, 11) is 0. The number of carbonyl (C=O) groups is 1. The lowest BCUT2D eigenvalue weighted by molar-refractivity contribution is 0.0930. The Hall–Kier alpha value is -3.92. The van der Waals surface area contributed by atoms with Crippen molar-refractivity contribution < 1.29 is 9.18 Å². The van der Waals surface area contributed by atoms with E-state index in [2.05, 4.69) is 39.6 Å². The second-order valence-corrected chi connectivity index (χ2v) is 10.4. The Kier molecular flexibility index (Phi) is 7.44. The normalized spacial score (nSPS) is 17.0. The van der Waals surface area contributed by atoms with Crippen LogP contribution in [0, 0.1) is 5.82 Å². The van der Waals surface area contributed by atoms with Crippen LogP contribution < -0.4 is 10.2 Å². The summed E-state index contributed by atoms with van der Waals surface area (Å²) in [6, 6.07) is 9.82. The van der Waals surface area contributed by atoms with Gasteiger partial charge in [-0.2, -0.15) is 0 Å². The van der Waals surface area contributed by atoms with Crippen LogP contribution in [0.2, 0.25) is 0 Å². The van der Waals surface area contributed by atoms with Gasteiger partial charge in [0.05, 0.1) is 17.6 Å². The van der Waals surface area contributed by atoms with Crippen LogP contribution in [-0.2, 0) is 6.54 Å². The Morgan fingerprint density at radius 1 is 0.949 bits per heavy atom. The number of aromatic nitrogens is 5. The van der Waals surface area contributed by atoms with Crippen LogP contribution in [0.3, 0.4) is 0 Å². The number of piperidine rings is 2. The summed E-state index contributed by atoms with van der Waals surface area (Å²) in [5.74, 6) is 0.397. The number of pyridine rings is 1. The number of likely N-dealkylation sites (tertiary alicyclic amines) is 1. The topological polar surface area (TPSA) is 92.1 Å².